The van der Waals surface area contributed by atoms with E-state index in [0.29, 0.717) is 5.56 Å². The van der Waals surface area contributed by atoms with E-state index >= 15 is 0 Å². The van der Waals surface area contributed by atoms with E-state index in [9.17, 15) is 18.4 Å². The van der Waals surface area contributed by atoms with E-state index < -0.39 is 35.1 Å². The molecular formula is C19H18F2O3. The zero-order valence-corrected chi connectivity index (χ0v) is 13.9. The Morgan fingerprint density at radius 3 is 2.08 bits per heavy atom. The molecule has 1 atom stereocenters. The molecule has 0 heterocycles. The van der Waals surface area contributed by atoms with Crippen molar-refractivity contribution >= 4 is 11.8 Å². The zero-order valence-electron chi connectivity index (χ0n) is 13.9. The van der Waals surface area contributed by atoms with E-state index in [2.05, 4.69) is 0 Å². The number of ether oxygens (including phenoxy) is 1. The van der Waals surface area contributed by atoms with Crippen LogP contribution in [0.5, 0.6) is 0 Å². The molecule has 2 aromatic carbocycles. The molecule has 0 spiro atoms. The molecule has 2 rings (SSSR count). The normalized spacial score (nSPS) is 11.9. The number of hydrogen-bond donors (Lipinski definition) is 0. The van der Waals surface area contributed by atoms with Crippen LogP contribution in [-0.4, -0.2) is 17.9 Å². The number of ketones is 1. The first-order valence-electron chi connectivity index (χ1n) is 7.49. The molecule has 2 aromatic rings. The van der Waals surface area contributed by atoms with Crippen LogP contribution in [0.3, 0.4) is 0 Å². The molecule has 0 saturated heterocycles. The fourth-order valence-corrected chi connectivity index (χ4v) is 2.41. The smallest absolute Gasteiger partial charge is 0.344 e. The van der Waals surface area contributed by atoms with Gasteiger partial charge in [0.25, 0.3) is 0 Å². The van der Waals surface area contributed by atoms with Crippen molar-refractivity contribution in [2.24, 2.45) is 0 Å². The Hall–Kier alpha value is -2.56. The first-order valence-corrected chi connectivity index (χ1v) is 7.49. The van der Waals surface area contributed by atoms with E-state index in [0.717, 1.165) is 34.9 Å². The van der Waals surface area contributed by atoms with Crippen molar-refractivity contribution in [3.05, 3.63) is 69.8 Å². The van der Waals surface area contributed by atoms with Gasteiger partial charge in [0.1, 0.15) is 17.2 Å². The van der Waals surface area contributed by atoms with Gasteiger partial charge in [0, 0.05) is 5.56 Å². The minimum Gasteiger partial charge on any atom is -0.451 e. The number of carbonyl (C=O) groups is 2. The van der Waals surface area contributed by atoms with E-state index in [-0.39, 0.29) is 0 Å². The van der Waals surface area contributed by atoms with Gasteiger partial charge in [-0.3, -0.25) is 4.79 Å². The summed E-state index contributed by atoms with van der Waals surface area (Å²) in [6.45, 7) is 6.97. The minimum atomic E-state index is -1.20. The highest BCUT2D eigenvalue weighted by atomic mass is 19.1. The molecule has 0 fully saturated rings. The van der Waals surface area contributed by atoms with Gasteiger partial charge in [-0.05, 0) is 62.6 Å². The largest absolute Gasteiger partial charge is 0.451 e. The van der Waals surface area contributed by atoms with Gasteiger partial charge in [-0.1, -0.05) is 12.1 Å². The molecule has 0 saturated carbocycles. The van der Waals surface area contributed by atoms with Crippen LogP contribution < -0.4 is 0 Å². The van der Waals surface area contributed by atoms with Gasteiger partial charge in [0.2, 0.25) is 5.78 Å². The number of rotatable bonds is 4. The van der Waals surface area contributed by atoms with E-state index in [1.165, 1.54) is 6.92 Å². The zero-order chi connectivity index (χ0) is 18.0. The predicted molar refractivity (Wildman–Crippen MR) is 86.2 cm³/mol. The van der Waals surface area contributed by atoms with Gasteiger partial charge in [-0.2, -0.15) is 0 Å². The highest BCUT2D eigenvalue weighted by molar-refractivity contribution is 6.02. The lowest BCUT2D eigenvalue weighted by molar-refractivity contribution is 0.0309. The molecule has 0 aliphatic rings. The molecule has 0 radical (unpaired) electrons. The highest BCUT2D eigenvalue weighted by Crippen LogP contribution is 2.19. The monoisotopic (exact) mass is 332 g/mol. The topological polar surface area (TPSA) is 43.4 Å². The van der Waals surface area contributed by atoms with Crippen LogP contribution in [0.4, 0.5) is 8.78 Å². The average Bonchev–Trinajstić information content (AvgIpc) is 2.50. The van der Waals surface area contributed by atoms with Crippen LogP contribution in [0.1, 0.15) is 44.3 Å². The minimum absolute atomic E-state index is 0.416. The Kier molecular flexibility index (Phi) is 5.12. The molecule has 0 aromatic heterocycles. The molecule has 1 unspecified atom stereocenters. The molecule has 24 heavy (non-hydrogen) atoms. The molecule has 126 valence electrons. The van der Waals surface area contributed by atoms with Gasteiger partial charge < -0.3 is 4.74 Å². The fourth-order valence-electron chi connectivity index (χ4n) is 2.41. The molecule has 5 heteroatoms. The molecule has 0 aliphatic carbocycles. The van der Waals surface area contributed by atoms with Crippen molar-refractivity contribution in [3.63, 3.8) is 0 Å². The lowest BCUT2D eigenvalue weighted by Crippen LogP contribution is -2.26. The van der Waals surface area contributed by atoms with Crippen molar-refractivity contribution < 1.29 is 23.1 Å². The summed E-state index contributed by atoms with van der Waals surface area (Å²) in [5.74, 6) is -3.67. The molecule has 0 aliphatic heterocycles. The SMILES string of the molecule is Cc1cc(C)c(C(=O)C(C)OC(=O)c2c(F)cccc2F)cc1C. The summed E-state index contributed by atoms with van der Waals surface area (Å²) >= 11 is 0. The number of benzene rings is 2. The number of halogens is 2. The Balaban J connectivity index is 2.24. The van der Waals surface area contributed by atoms with Crippen LogP contribution in [0.2, 0.25) is 0 Å². The number of Topliss-reactive ketones (excluding diaryl/α,β-unsaturated/α-hetero) is 1. The summed E-state index contributed by atoms with van der Waals surface area (Å²) in [5.41, 5.74) is 2.36. The van der Waals surface area contributed by atoms with Crippen LogP contribution in [0, 0.1) is 32.4 Å². The van der Waals surface area contributed by atoms with Crippen molar-refractivity contribution in [3.8, 4) is 0 Å². The molecule has 0 bridgehead atoms. The van der Waals surface area contributed by atoms with E-state index in [4.69, 9.17) is 4.74 Å². The number of hydrogen-bond acceptors (Lipinski definition) is 3. The molecule has 3 nitrogen and oxygen atoms in total. The van der Waals surface area contributed by atoms with E-state index in [1.54, 1.807) is 13.0 Å². The molecular weight excluding hydrogens is 314 g/mol. The molecule has 0 N–H and O–H groups in total. The van der Waals surface area contributed by atoms with Crippen LogP contribution >= 0.6 is 0 Å². The number of esters is 1. The number of aryl methyl sites for hydroxylation is 3. The average molecular weight is 332 g/mol. The molecule has 0 amide bonds. The summed E-state index contributed by atoms with van der Waals surface area (Å²) < 4.78 is 32.2. The third kappa shape index (κ3) is 3.50. The summed E-state index contributed by atoms with van der Waals surface area (Å²) in [4.78, 5) is 24.5. The van der Waals surface area contributed by atoms with Crippen LogP contribution in [0.25, 0.3) is 0 Å². The Morgan fingerprint density at radius 1 is 0.958 bits per heavy atom. The van der Waals surface area contributed by atoms with Crippen molar-refractivity contribution in [1.29, 1.82) is 0 Å². The Morgan fingerprint density at radius 2 is 1.50 bits per heavy atom. The van der Waals surface area contributed by atoms with Gasteiger partial charge in [0.05, 0.1) is 0 Å². The van der Waals surface area contributed by atoms with Gasteiger partial charge in [0.15, 0.2) is 6.10 Å². The maximum absolute atomic E-state index is 13.6. The fraction of sp³-hybridized carbons (Fsp3) is 0.263. The second kappa shape index (κ2) is 6.91. The lowest BCUT2D eigenvalue weighted by Gasteiger charge is -2.15. The van der Waals surface area contributed by atoms with Crippen molar-refractivity contribution in [2.45, 2.75) is 33.8 Å². The van der Waals surface area contributed by atoms with Crippen molar-refractivity contribution in [2.75, 3.05) is 0 Å². The van der Waals surface area contributed by atoms with Gasteiger partial charge >= 0.3 is 5.97 Å². The second-order valence-electron chi connectivity index (χ2n) is 5.76. The van der Waals surface area contributed by atoms with Crippen molar-refractivity contribution in [1.82, 2.24) is 0 Å². The number of carbonyl (C=O) groups excluding carboxylic acids is 2. The Labute approximate surface area is 139 Å². The summed E-state index contributed by atoms with van der Waals surface area (Å²) in [7, 11) is 0. The standard InChI is InChI=1S/C19H18F2O3/c1-10-8-12(3)14(9-11(10)2)18(22)13(4)24-19(23)17-15(20)6-5-7-16(17)21/h5-9,13H,1-4H3. The van der Waals surface area contributed by atoms with Crippen LogP contribution in [0.15, 0.2) is 30.3 Å². The predicted octanol–water partition coefficient (Wildman–Crippen LogP) is 4.32. The third-order valence-corrected chi connectivity index (χ3v) is 3.93. The van der Waals surface area contributed by atoms with Crippen LogP contribution in [-0.2, 0) is 4.74 Å². The quantitative estimate of drug-likeness (QED) is 0.619. The highest BCUT2D eigenvalue weighted by Gasteiger charge is 2.25. The second-order valence-corrected chi connectivity index (χ2v) is 5.76. The van der Waals surface area contributed by atoms with Gasteiger partial charge in [-0.25, -0.2) is 13.6 Å². The lowest BCUT2D eigenvalue weighted by atomic mass is 9.96. The summed E-state index contributed by atoms with van der Waals surface area (Å²) in [5, 5.41) is 0. The third-order valence-electron chi connectivity index (χ3n) is 3.93. The summed E-state index contributed by atoms with van der Waals surface area (Å²) in [6, 6.07) is 6.66. The first kappa shape index (κ1) is 17.8. The Bertz CT molecular complexity index is 792. The summed E-state index contributed by atoms with van der Waals surface area (Å²) in [6.07, 6.45) is -1.16. The first-order chi connectivity index (χ1) is 11.2. The maximum Gasteiger partial charge on any atom is 0.344 e. The van der Waals surface area contributed by atoms with E-state index in [1.807, 2.05) is 19.9 Å². The van der Waals surface area contributed by atoms with Gasteiger partial charge in [-0.15, -0.1) is 0 Å². The maximum atomic E-state index is 13.6.